The molecule has 92 valence electrons. The van der Waals surface area contributed by atoms with Crippen molar-refractivity contribution in [3.63, 3.8) is 0 Å². The zero-order valence-corrected chi connectivity index (χ0v) is 11.3. The van der Waals surface area contributed by atoms with Gasteiger partial charge in [-0.05, 0) is 35.4 Å². The van der Waals surface area contributed by atoms with Gasteiger partial charge in [0.1, 0.15) is 5.75 Å². The minimum Gasteiger partial charge on any atom is -0.494 e. The van der Waals surface area contributed by atoms with Crippen LogP contribution in [0.5, 0.6) is 5.75 Å². The summed E-state index contributed by atoms with van der Waals surface area (Å²) in [6, 6.07) is 9.89. The van der Waals surface area contributed by atoms with E-state index in [0.717, 1.165) is 16.9 Å². The number of benzene rings is 1. The fourth-order valence-electron chi connectivity index (χ4n) is 1.66. The zero-order chi connectivity index (χ0) is 11.4. The summed E-state index contributed by atoms with van der Waals surface area (Å²) in [5.41, 5.74) is 8.40. The van der Waals surface area contributed by atoms with Gasteiger partial charge in [0.25, 0.3) is 0 Å². The molecule has 0 bridgehead atoms. The molecule has 1 atom stereocenters. The molecule has 0 aliphatic carbocycles. The zero-order valence-electron chi connectivity index (χ0n) is 9.63. The molecule has 0 saturated carbocycles. The number of halogens is 1. The number of ether oxygens (including phenoxy) is 1. The van der Waals surface area contributed by atoms with E-state index in [0.29, 0.717) is 6.61 Å². The second-order valence-corrected chi connectivity index (χ2v) is 4.29. The molecule has 2 rings (SSSR count). The molecule has 1 aromatic carbocycles. The van der Waals surface area contributed by atoms with Crippen molar-refractivity contribution >= 4 is 23.7 Å². The van der Waals surface area contributed by atoms with Crippen molar-refractivity contribution < 1.29 is 4.74 Å². The third-order valence-corrected chi connectivity index (χ3v) is 3.16. The van der Waals surface area contributed by atoms with Gasteiger partial charge in [0.2, 0.25) is 0 Å². The maximum absolute atomic E-state index is 6.22. The fraction of sp³-hybridized carbons (Fsp3) is 0.231. The first-order valence-electron chi connectivity index (χ1n) is 5.32. The lowest BCUT2D eigenvalue weighted by atomic mass is 10.0. The van der Waals surface area contributed by atoms with E-state index in [1.54, 1.807) is 11.3 Å². The molecule has 2 N–H and O–H groups in total. The van der Waals surface area contributed by atoms with E-state index >= 15 is 0 Å². The number of para-hydroxylation sites is 1. The monoisotopic (exact) mass is 269 g/mol. The molecule has 0 radical (unpaired) electrons. The van der Waals surface area contributed by atoms with Gasteiger partial charge < -0.3 is 10.5 Å². The summed E-state index contributed by atoms with van der Waals surface area (Å²) < 4.78 is 5.58. The molecule has 0 aliphatic rings. The lowest BCUT2D eigenvalue weighted by Crippen LogP contribution is -2.12. The molecule has 0 aliphatic heterocycles. The van der Waals surface area contributed by atoms with E-state index in [2.05, 4.69) is 11.4 Å². The van der Waals surface area contributed by atoms with Gasteiger partial charge in [-0.3, -0.25) is 0 Å². The van der Waals surface area contributed by atoms with Crippen molar-refractivity contribution in [2.75, 3.05) is 6.61 Å². The van der Waals surface area contributed by atoms with E-state index < -0.39 is 0 Å². The van der Waals surface area contributed by atoms with Crippen molar-refractivity contribution in [3.8, 4) is 5.75 Å². The van der Waals surface area contributed by atoms with E-state index in [1.807, 2.05) is 36.6 Å². The Morgan fingerprint density at radius 3 is 2.71 bits per heavy atom. The van der Waals surface area contributed by atoms with Gasteiger partial charge in [-0.2, -0.15) is 11.3 Å². The van der Waals surface area contributed by atoms with Gasteiger partial charge in [0.05, 0.1) is 12.6 Å². The van der Waals surface area contributed by atoms with Gasteiger partial charge in [0, 0.05) is 5.56 Å². The van der Waals surface area contributed by atoms with Gasteiger partial charge in [0.15, 0.2) is 0 Å². The van der Waals surface area contributed by atoms with Crippen LogP contribution in [0, 0.1) is 0 Å². The highest BCUT2D eigenvalue weighted by molar-refractivity contribution is 7.08. The molecule has 0 spiro atoms. The number of nitrogens with two attached hydrogens (primary N) is 1. The Morgan fingerprint density at radius 2 is 2.06 bits per heavy atom. The molecule has 4 heteroatoms. The predicted molar refractivity (Wildman–Crippen MR) is 75.2 cm³/mol. The average molecular weight is 270 g/mol. The third kappa shape index (κ3) is 3.22. The molecule has 2 aromatic rings. The van der Waals surface area contributed by atoms with Crippen molar-refractivity contribution in [2.24, 2.45) is 5.73 Å². The van der Waals surface area contributed by atoms with Crippen LogP contribution in [-0.4, -0.2) is 6.61 Å². The van der Waals surface area contributed by atoms with Gasteiger partial charge in [-0.15, -0.1) is 12.4 Å². The largest absolute Gasteiger partial charge is 0.494 e. The summed E-state index contributed by atoms with van der Waals surface area (Å²) in [5.74, 6) is 0.878. The van der Waals surface area contributed by atoms with Gasteiger partial charge in [-0.1, -0.05) is 18.2 Å². The van der Waals surface area contributed by atoms with Gasteiger partial charge in [-0.25, -0.2) is 0 Å². The highest BCUT2D eigenvalue weighted by atomic mass is 35.5. The molecule has 0 fully saturated rings. The van der Waals surface area contributed by atoms with Crippen LogP contribution in [0.3, 0.4) is 0 Å². The molecular weight excluding hydrogens is 254 g/mol. The van der Waals surface area contributed by atoms with Crippen LogP contribution in [0.4, 0.5) is 0 Å². The average Bonchev–Trinajstić information content (AvgIpc) is 2.83. The Labute approximate surface area is 112 Å². The van der Waals surface area contributed by atoms with Crippen LogP contribution in [0.15, 0.2) is 41.1 Å². The Morgan fingerprint density at radius 1 is 1.29 bits per heavy atom. The normalized spacial score (nSPS) is 11.6. The van der Waals surface area contributed by atoms with Crippen LogP contribution >= 0.6 is 23.7 Å². The molecule has 1 heterocycles. The van der Waals surface area contributed by atoms with Crippen molar-refractivity contribution in [3.05, 3.63) is 52.2 Å². The first-order valence-corrected chi connectivity index (χ1v) is 6.26. The molecule has 0 amide bonds. The van der Waals surface area contributed by atoms with E-state index in [1.165, 1.54) is 0 Å². The topological polar surface area (TPSA) is 35.2 Å². The SMILES string of the molecule is CCOc1ccccc1[C@@H](N)c1ccsc1.Cl. The molecule has 0 unspecified atom stereocenters. The number of hydrogen-bond donors (Lipinski definition) is 1. The Balaban J connectivity index is 0.00000144. The maximum atomic E-state index is 6.22. The molecular formula is C13H16ClNOS. The standard InChI is InChI=1S/C13H15NOS.ClH/c1-2-15-12-6-4-3-5-11(12)13(14)10-7-8-16-9-10;/h3-9,13H,2,14H2,1H3;1H/t13-;/m0./s1. The van der Waals surface area contributed by atoms with Gasteiger partial charge >= 0.3 is 0 Å². The van der Waals surface area contributed by atoms with Crippen LogP contribution in [-0.2, 0) is 0 Å². The summed E-state index contributed by atoms with van der Waals surface area (Å²) in [5, 5.41) is 4.12. The first-order chi connectivity index (χ1) is 7.83. The maximum Gasteiger partial charge on any atom is 0.124 e. The Hall–Kier alpha value is -1.03. The lowest BCUT2D eigenvalue weighted by Gasteiger charge is -2.15. The van der Waals surface area contributed by atoms with Crippen molar-refractivity contribution in [1.29, 1.82) is 0 Å². The molecule has 1 aromatic heterocycles. The second-order valence-electron chi connectivity index (χ2n) is 3.51. The highest BCUT2D eigenvalue weighted by Crippen LogP contribution is 2.29. The fourth-order valence-corrected chi connectivity index (χ4v) is 2.35. The summed E-state index contributed by atoms with van der Waals surface area (Å²) >= 11 is 1.66. The smallest absolute Gasteiger partial charge is 0.124 e. The van der Waals surface area contributed by atoms with E-state index in [4.69, 9.17) is 10.5 Å². The summed E-state index contributed by atoms with van der Waals surface area (Å²) in [6.07, 6.45) is 0. The first kappa shape index (κ1) is 14.0. The minimum atomic E-state index is -0.103. The summed E-state index contributed by atoms with van der Waals surface area (Å²) in [7, 11) is 0. The quantitative estimate of drug-likeness (QED) is 0.920. The van der Waals surface area contributed by atoms with Crippen LogP contribution in [0.2, 0.25) is 0 Å². The van der Waals surface area contributed by atoms with Crippen LogP contribution < -0.4 is 10.5 Å². The summed E-state index contributed by atoms with van der Waals surface area (Å²) in [6.45, 7) is 2.64. The van der Waals surface area contributed by atoms with E-state index in [-0.39, 0.29) is 18.4 Å². The molecule has 0 saturated heterocycles. The predicted octanol–water partition coefficient (Wildman–Crippen LogP) is 3.62. The molecule has 2 nitrogen and oxygen atoms in total. The molecule has 17 heavy (non-hydrogen) atoms. The van der Waals surface area contributed by atoms with Crippen molar-refractivity contribution in [2.45, 2.75) is 13.0 Å². The van der Waals surface area contributed by atoms with Crippen molar-refractivity contribution in [1.82, 2.24) is 0 Å². The van der Waals surface area contributed by atoms with Crippen LogP contribution in [0.25, 0.3) is 0 Å². The highest BCUT2D eigenvalue weighted by Gasteiger charge is 2.13. The second kappa shape index (κ2) is 6.64. The number of hydrogen-bond acceptors (Lipinski definition) is 3. The summed E-state index contributed by atoms with van der Waals surface area (Å²) in [4.78, 5) is 0. The Kier molecular flexibility index (Phi) is 5.48. The lowest BCUT2D eigenvalue weighted by molar-refractivity contribution is 0.335. The minimum absolute atomic E-state index is 0. The number of thiophene rings is 1. The van der Waals surface area contributed by atoms with E-state index in [9.17, 15) is 0 Å². The Bertz CT molecular complexity index is 444. The number of rotatable bonds is 4. The third-order valence-electron chi connectivity index (χ3n) is 2.46. The van der Waals surface area contributed by atoms with Crippen LogP contribution in [0.1, 0.15) is 24.1 Å².